The molecule has 0 aromatic rings. The number of primary amides is 1. The fourth-order valence-electron chi connectivity index (χ4n) is 1.10. The van der Waals surface area contributed by atoms with Crippen molar-refractivity contribution < 1.29 is 24.4 Å². The lowest BCUT2D eigenvalue weighted by Crippen LogP contribution is -2.46. The van der Waals surface area contributed by atoms with E-state index in [1.165, 1.54) is 0 Å². The number of amides is 1. The molecule has 0 radical (unpaired) electrons. The molecule has 0 fully saturated rings. The molecular weight excluding hydrogens is 211 g/mol. The Labute approximate surface area is 81.6 Å². The maximum atomic E-state index is 10.8. The molecule has 0 aliphatic carbocycles. The van der Waals surface area contributed by atoms with Gasteiger partial charge in [-0.3, -0.25) is 9.36 Å². The van der Waals surface area contributed by atoms with Crippen molar-refractivity contribution in [2.45, 2.75) is 19.9 Å². The first-order chi connectivity index (χ1) is 6.15. The summed E-state index contributed by atoms with van der Waals surface area (Å²) < 4.78 is 10.5. The zero-order valence-electron chi connectivity index (χ0n) is 7.99. The second kappa shape index (κ2) is 4.86. The highest BCUT2D eigenvalue weighted by Crippen LogP contribution is 2.35. The molecule has 0 rings (SSSR count). The summed E-state index contributed by atoms with van der Waals surface area (Å²) in [6, 6.07) is -1.09. The molecule has 1 amide bonds. The van der Waals surface area contributed by atoms with Crippen LogP contribution in [0, 0.1) is 5.92 Å². The van der Waals surface area contributed by atoms with Crippen LogP contribution in [0.3, 0.4) is 0 Å². The number of carbonyl (C=O) groups excluding carboxylic acids is 1. The average Bonchev–Trinajstić information content (AvgIpc) is 1.78. The lowest BCUT2D eigenvalue weighted by atomic mass is 10.0. The number of nitrogens with zero attached hydrogens (tertiary/aromatic N) is 1. The highest BCUT2D eigenvalue weighted by atomic mass is 31.2. The Morgan fingerprint density at radius 1 is 1.50 bits per heavy atom. The quantitative estimate of drug-likeness (QED) is 0.364. The van der Waals surface area contributed by atoms with Crippen LogP contribution in [0.4, 0.5) is 0 Å². The first kappa shape index (κ1) is 13.5. The van der Waals surface area contributed by atoms with Crippen molar-refractivity contribution >= 4 is 13.5 Å². The van der Waals surface area contributed by atoms with Crippen molar-refractivity contribution in [1.82, 2.24) is 5.06 Å². The summed E-state index contributed by atoms with van der Waals surface area (Å²) >= 11 is 0. The predicted molar refractivity (Wildman–Crippen MR) is 48.4 cm³/mol. The van der Waals surface area contributed by atoms with Crippen LogP contribution in [0.2, 0.25) is 0 Å². The number of carbonyl (C=O) groups is 1. The van der Waals surface area contributed by atoms with Gasteiger partial charge in [-0.15, -0.1) is 0 Å². The van der Waals surface area contributed by atoms with Crippen LogP contribution in [0.5, 0.6) is 0 Å². The van der Waals surface area contributed by atoms with Gasteiger partial charge in [-0.1, -0.05) is 13.8 Å². The van der Waals surface area contributed by atoms with Gasteiger partial charge in [0.05, 0.1) is 0 Å². The lowest BCUT2D eigenvalue weighted by Gasteiger charge is -2.26. The number of hydrogen-bond donors (Lipinski definition) is 4. The molecule has 0 aliphatic heterocycles. The normalized spacial score (nSPS) is 14.8. The van der Waals surface area contributed by atoms with Gasteiger partial charge in [-0.05, 0) is 5.92 Å². The molecule has 84 valence electrons. The molecule has 7 nitrogen and oxygen atoms in total. The minimum atomic E-state index is -4.39. The first-order valence-electron chi connectivity index (χ1n) is 3.94. The minimum Gasteiger partial charge on any atom is -0.368 e. The molecule has 0 aliphatic rings. The highest BCUT2D eigenvalue weighted by molar-refractivity contribution is 7.51. The monoisotopic (exact) mass is 226 g/mol. The van der Waals surface area contributed by atoms with Crippen molar-refractivity contribution in [2.75, 3.05) is 6.29 Å². The molecule has 8 heteroatoms. The summed E-state index contributed by atoms with van der Waals surface area (Å²) in [7, 11) is -4.39. The standard InChI is InChI=1S/C6H15N2O5P/c1-4(2)5(6(7)9)8(10)3-14(11,12)13/h4-5,10H,3H2,1-2H3,(H2,7,9)(H2,11,12,13). The lowest BCUT2D eigenvalue weighted by molar-refractivity contribution is -0.153. The van der Waals surface area contributed by atoms with E-state index >= 15 is 0 Å². The van der Waals surface area contributed by atoms with Crippen LogP contribution < -0.4 is 5.73 Å². The third-order valence-corrected chi connectivity index (χ3v) is 2.23. The van der Waals surface area contributed by atoms with Crippen LogP contribution in [-0.2, 0) is 9.36 Å². The molecule has 5 N–H and O–H groups in total. The van der Waals surface area contributed by atoms with Crippen molar-refractivity contribution in [3.8, 4) is 0 Å². The fourth-order valence-corrected chi connectivity index (χ4v) is 1.65. The summed E-state index contributed by atoms with van der Waals surface area (Å²) in [5.41, 5.74) is 4.96. The van der Waals surface area contributed by atoms with Crippen LogP contribution in [0.1, 0.15) is 13.8 Å². The van der Waals surface area contributed by atoms with Crippen LogP contribution in [0.25, 0.3) is 0 Å². The Kier molecular flexibility index (Phi) is 4.70. The summed E-state index contributed by atoms with van der Waals surface area (Å²) in [6.45, 7) is 3.22. The third kappa shape index (κ3) is 4.69. The minimum absolute atomic E-state index is 0.285. The van der Waals surface area contributed by atoms with Crippen molar-refractivity contribution in [2.24, 2.45) is 11.7 Å². The molecule has 14 heavy (non-hydrogen) atoms. The van der Waals surface area contributed by atoms with E-state index in [2.05, 4.69) is 0 Å². The summed E-state index contributed by atoms with van der Waals surface area (Å²) in [4.78, 5) is 28.0. The van der Waals surface area contributed by atoms with Gasteiger partial charge < -0.3 is 20.7 Å². The molecule has 0 bridgehead atoms. The molecule has 0 heterocycles. The van der Waals surface area contributed by atoms with Crippen molar-refractivity contribution in [3.63, 3.8) is 0 Å². The van der Waals surface area contributed by atoms with Gasteiger partial charge in [0.2, 0.25) is 5.91 Å². The van der Waals surface area contributed by atoms with Gasteiger partial charge in [-0.25, -0.2) is 0 Å². The van der Waals surface area contributed by atoms with E-state index in [1.54, 1.807) is 13.8 Å². The Morgan fingerprint density at radius 3 is 2.14 bits per heavy atom. The second-order valence-electron chi connectivity index (χ2n) is 3.34. The molecule has 0 spiro atoms. The predicted octanol–water partition coefficient (Wildman–Crippen LogP) is -0.677. The number of rotatable bonds is 5. The molecule has 1 unspecified atom stereocenters. The van der Waals surface area contributed by atoms with Crippen molar-refractivity contribution in [3.05, 3.63) is 0 Å². The maximum Gasteiger partial charge on any atom is 0.341 e. The Morgan fingerprint density at radius 2 is 1.93 bits per heavy atom. The van der Waals surface area contributed by atoms with E-state index in [0.717, 1.165) is 0 Å². The maximum absolute atomic E-state index is 10.8. The summed E-state index contributed by atoms with van der Waals surface area (Å²) in [5.74, 6) is -1.15. The van der Waals surface area contributed by atoms with Crippen molar-refractivity contribution in [1.29, 1.82) is 0 Å². The van der Waals surface area contributed by atoms with Gasteiger partial charge in [0.15, 0.2) is 0 Å². The van der Waals surface area contributed by atoms with Gasteiger partial charge in [-0.2, -0.15) is 5.06 Å². The van der Waals surface area contributed by atoms with Gasteiger partial charge in [0, 0.05) is 0 Å². The Bertz CT molecular complexity index is 251. The number of hydrogen-bond acceptors (Lipinski definition) is 4. The van der Waals surface area contributed by atoms with Gasteiger partial charge in [0.1, 0.15) is 12.3 Å². The first-order valence-corrected chi connectivity index (χ1v) is 5.74. The highest BCUT2D eigenvalue weighted by Gasteiger charge is 2.30. The topological polar surface area (TPSA) is 124 Å². The Hall–Kier alpha value is -0.460. The van der Waals surface area contributed by atoms with Gasteiger partial charge in [0.25, 0.3) is 0 Å². The van der Waals surface area contributed by atoms with E-state index in [1.807, 2.05) is 0 Å². The third-order valence-electron chi connectivity index (χ3n) is 1.57. The number of hydroxylamine groups is 2. The van der Waals surface area contributed by atoms with Gasteiger partial charge >= 0.3 is 7.60 Å². The smallest absolute Gasteiger partial charge is 0.341 e. The van der Waals surface area contributed by atoms with E-state index in [-0.39, 0.29) is 11.0 Å². The van der Waals surface area contributed by atoms with E-state index in [9.17, 15) is 14.6 Å². The molecule has 0 aromatic heterocycles. The summed E-state index contributed by atoms with van der Waals surface area (Å²) in [6.07, 6.45) is -0.904. The molecule has 0 saturated carbocycles. The Balaban J connectivity index is 4.54. The van der Waals surface area contributed by atoms with Crippen LogP contribution >= 0.6 is 7.60 Å². The molecule has 1 atom stereocenters. The van der Waals surface area contributed by atoms with Crippen LogP contribution in [-0.4, -0.2) is 38.3 Å². The largest absolute Gasteiger partial charge is 0.368 e. The molecule has 0 aromatic carbocycles. The fraction of sp³-hybridized carbons (Fsp3) is 0.833. The molecular formula is C6H15N2O5P. The van der Waals surface area contributed by atoms with E-state index in [4.69, 9.17) is 15.5 Å². The summed E-state index contributed by atoms with van der Waals surface area (Å²) in [5, 5.41) is 9.51. The zero-order valence-corrected chi connectivity index (χ0v) is 8.89. The second-order valence-corrected chi connectivity index (χ2v) is 4.95. The zero-order chi connectivity index (χ0) is 11.5. The SMILES string of the molecule is CC(C)C(C(N)=O)N(O)CP(=O)(O)O. The average molecular weight is 226 g/mol. The van der Waals surface area contributed by atoms with Crippen LogP contribution in [0.15, 0.2) is 0 Å². The molecule has 0 saturated heterocycles. The number of nitrogens with two attached hydrogens (primary N) is 1. The van der Waals surface area contributed by atoms with E-state index < -0.39 is 25.8 Å². The van der Waals surface area contributed by atoms with E-state index in [0.29, 0.717) is 0 Å².